The number of nitrogens with one attached hydrogen (secondary N) is 1. The van der Waals surface area contributed by atoms with Crippen LogP contribution in [0.5, 0.6) is 11.5 Å². The maximum atomic E-state index is 13.0. The summed E-state index contributed by atoms with van der Waals surface area (Å²) in [5.41, 5.74) is 4.58. The predicted molar refractivity (Wildman–Crippen MR) is 136 cm³/mol. The van der Waals surface area contributed by atoms with E-state index >= 15 is 0 Å². The molecule has 0 atom stereocenters. The zero-order chi connectivity index (χ0) is 25.1. The molecule has 0 saturated heterocycles. The van der Waals surface area contributed by atoms with Crippen molar-refractivity contribution < 1.29 is 22.1 Å². The summed E-state index contributed by atoms with van der Waals surface area (Å²) in [5.74, 6) is 0.541. The second-order valence-corrected chi connectivity index (χ2v) is 9.52. The van der Waals surface area contributed by atoms with Crippen LogP contribution >= 0.6 is 0 Å². The lowest BCUT2D eigenvalue weighted by Gasteiger charge is -2.11. The standard InChI is InChI=1S/C27H30N2O5S/c1-3-4-6-10-21-15-16-26(35(31,32)34-24-12-7-5-8-13-24)23(17-21)20-28-29-27(30)19-22-11-9-14-25(18-22)33-2/h5,7-9,11-18,20H,3-4,6,10,19H2,1-2H3,(H,29,30)/b28-20+. The molecule has 0 saturated carbocycles. The molecule has 0 aliphatic carbocycles. The van der Waals surface area contributed by atoms with E-state index in [1.54, 1.807) is 67.8 Å². The summed E-state index contributed by atoms with van der Waals surface area (Å²) in [6.45, 7) is 2.13. The smallest absolute Gasteiger partial charge is 0.339 e. The number of hydrazone groups is 1. The minimum Gasteiger partial charge on any atom is -0.497 e. The first kappa shape index (κ1) is 26.0. The van der Waals surface area contributed by atoms with E-state index in [1.807, 2.05) is 6.07 Å². The van der Waals surface area contributed by atoms with Crippen LogP contribution in [0, 0.1) is 0 Å². The second-order valence-electron chi connectivity index (χ2n) is 8.00. The first-order chi connectivity index (χ1) is 16.9. The molecule has 7 nitrogen and oxygen atoms in total. The van der Waals surface area contributed by atoms with E-state index in [4.69, 9.17) is 8.92 Å². The zero-order valence-corrected chi connectivity index (χ0v) is 20.8. The van der Waals surface area contributed by atoms with Gasteiger partial charge < -0.3 is 8.92 Å². The molecule has 0 radical (unpaired) electrons. The number of aryl methyl sites for hydroxylation is 1. The maximum Gasteiger partial charge on any atom is 0.339 e. The number of methoxy groups -OCH3 is 1. The van der Waals surface area contributed by atoms with Gasteiger partial charge in [0.1, 0.15) is 16.4 Å². The Morgan fingerprint density at radius 1 is 0.943 bits per heavy atom. The third kappa shape index (κ3) is 7.96. The Balaban J connectivity index is 1.79. The summed E-state index contributed by atoms with van der Waals surface area (Å²) >= 11 is 0. The van der Waals surface area contributed by atoms with Crippen molar-refractivity contribution >= 4 is 22.2 Å². The van der Waals surface area contributed by atoms with E-state index in [2.05, 4.69) is 17.5 Å². The molecule has 0 bridgehead atoms. The molecule has 8 heteroatoms. The first-order valence-corrected chi connectivity index (χ1v) is 12.9. The molecule has 3 aromatic rings. The molecule has 0 aromatic heterocycles. The number of rotatable bonds is 12. The van der Waals surface area contributed by atoms with E-state index in [0.29, 0.717) is 11.3 Å². The van der Waals surface area contributed by atoms with Gasteiger partial charge in [0, 0.05) is 5.56 Å². The Kier molecular flexibility index (Phi) is 9.43. The minimum absolute atomic E-state index is 0.0219. The SMILES string of the molecule is CCCCCc1ccc(S(=O)(=O)Oc2ccccc2)c(/C=N/NC(=O)Cc2cccc(OC)c2)c1. The summed E-state index contributed by atoms with van der Waals surface area (Å²) in [7, 11) is -2.55. The molecule has 3 aromatic carbocycles. The Hall–Kier alpha value is -3.65. The highest BCUT2D eigenvalue weighted by molar-refractivity contribution is 7.87. The average molecular weight is 495 g/mol. The van der Waals surface area contributed by atoms with Crippen LogP contribution in [-0.2, 0) is 27.8 Å². The number of unbranched alkanes of at least 4 members (excludes halogenated alkanes) is 2. The van der Waals surface area contributed by atoms with Crippen LogP contribution < -0.4 is 14.3 Å². The maximum absolute atomic E-state index is 13.0. The lowest BCUT2D eigenvalue weighted by atomic mass is 10.0. The molecule has 0 fully saturated rings. The van der Waals surface area contributed by atoms with Crippen LogP contribution in [0.15, 0.2) is 82.8 Å². The second kappa shape index (κ2) is 12.7. The fraction of sp³-hybridized carbons (Fsp3) is 0.259. The van der Waals surface area contributed by atoms with Crippen LogP contribution in [0.25, 0.3) is 0 Å². The van der Waals surface area contributed by atoms with Gasteiger partial charge in [0.2, 0.25) is 5.91 Å². The molecule has 35 heavy (non-hydrogen) atoms. The van der Waals surface area contributed by atoms with Crippen LogP contribution in [0.1, 0.15) is 42.9 Å². The Morgan fingerprint density at radius 3 is 2.46 bits per heavy atom. The number of benzene rings is 3. The lowest BCUT2D eigenvalue weighted by Crippen LogP contribution is -2.20. The minimum atomic E-state index is -4.11. The molecule has 3 rings (SSSR count). The number of ether oxygens (including phenoxy) is 1. The summed E-state index contributed by atoms with van der Waals surface area (Å²) in [6.07, 6.45) is 5.43. The van der Waals surface area contributed by atoms with Gasteiger partial charge in [0.25, 0.3) is 0 Å². The highest BCUT2D eigenvalue weighted by atomic mass is 32.2. The first-order valence-electron chi connectivity index (χ1n) is 11.5. The fourth-order valence-corrected chi connectivity index (χ4v) is 4.58. The monoisotopic (exact) mass is 494 g/mol. The summed E-state index contributed by atoms with van der Waals surface area (Å²) in [6, 6.07) is 20.6. The molecule has 1 N–H and O–H groups in total. The topological polar surface area (TPSA) is 94.1 Å². The Labute approximate surface area is 206 Å². The van der Waals surface area contributed by atoms with Gasteiger partial charge in [-0.3, -0.25) is 4.79 Å². The molecular formula is C27H30N2O5S. The van der Waals surface area contributed by atoms with E-state index in [-0.39, 0.29) is 23.0 Å². The van der Waals surface area contributed by atoms with Crippen molar-refractivity contribution in [2.75, 3.05) is 7.11 Å². The highest BCUT2D eigenvalue weighted by Gasteiger charge is 2.21. The van der Waals surface area contributed by atoms with Crippen LogP contribution in [0.3, 0.4) is 0 Å². The van der Waals surface area contributed by atoms with Gasteiger partial charge in [-0.05, 0) is 60.4 Å². The molecule has 0 heterocycles. The van der Waals surface area contributed by atoms with Gasteiger partial charge in [0.15, 0.2) is 0 Å². The van der Waals surface area contributed by atoms with E-state index in [0.717, 1.165) is 36.8 Å². The highest BCUT2D eigenvalue weighted by Crippen LogP contribution is 2.22. The molecule has 0 aliphatic heterocycles. The van der Waals surface area contributed by atoms with Crippen molar-refractivity contribution in [3.05, 3.63) is 89.5 Å². The zero-order valence-electron chi connectivity index (χ0n) is 19.9. The fourth-order valence-electron chi connectivity index (χ4n) is 3.49. The number of hydrogen-bond acceptors (Lipinski definition) is 6. The van der Waals surface area contributed by atoms with Crippen molar-refractivity contribution in [3.63, 3.8) is 0 Å². The van der Waals surface area contributed by atoms with Crippen molar-refractivity contribution in [2.24, 2.45) is 5.10 Å². The number of amides is 1. The summed E-state index contributed by atoms with van der Waals surface area (Å²) in [4.78, 5) is 12.3. The lowest BCUT2D eigenvalue weighted by molar-refractivity contribution is -0.120. The van der Waals surface area contributed by atoms with Crippen molar-refractivity contribution in [2.45, 2.75) is 43.9 Å². The third-order valence-electron chi connectivity index (χ3n) is 5.25. The van der Waals surface area contributed by atoms with Crippen LogP contribution in [0.4, 0.5) is 0 Å². The molecule has 0 unspecified atom stereocenters. The van der Waals surface area contributed by atoms with Crippen molar-refractivity contribution in [1.29, 1.82) is 0 Å². The third-order valence-corrected chi connectivity index (χ3v) is 6.58. The van der Waals surface area contributed by atoms with Gasteiger partial charge in [-0.15, -0.1) is 0 Å². The summed E-state index contributed by atoms with van der Waals surface area (Å²) in [5, 5.41) is 4.02. The van der Waals surface area contributed by atoms with Crippen LogP contribution in [0.2, 0.25) is 0 Å². The average Bonchev–Trinajstić information content (AvgIpc) is 2.84. The normalized spacial score (nSPS) is 11.4. The number of carbonyl (C=O) groups excluding carboxylic acids is 1. The number of para-hydroxylation sites is 1. The van der Waals surface area contributed by atoms with Gasteiger partial charge in [-0.2, -0.15) is 13.5 Å². The Morgan fingerprint density at radius 2 is 1.71 bits per heavy atom. The number of hydrogen-bond donors (Lipinski definition) is 1. The molecular weight excluding hydrogens is 464 g/mol. The number of carbonyl (C=O) groups is 1. The largest absolute Gasteiger partial charge is 0.497 e. The van der Waals surface area contributed by atoms with E-state index in [1.165, 1.54) is 12.3 Å². The predicted octanol–water partition coefficient (Wildman–Crippen LogP) is 4.89. The molecule has 184 valence electrons. The van der Waals surface area contributed by atoms with Gasteiger partial charge in [0.05, 0.1) is 19.7 Å². The molecule has 0 aliphatic rings. The van der Waals surface area contributed by atoms with Gasteiger partial charge in [-0.1, -0.05) is 56.2 Å². The number of nitrogens with zero attached hydrogens (tertiary/aromatic N) is 1. The van der Waals surface area contributed by atoms with Crippen LogP contribution in [-0.4, -0.2) is 27.6 Å². The van der Waals surface area contributed by atoms with Crippen molar-refractivity contribution in [3.8, 4) is 11.5 Å². The van der Waals surface area contributed by atoms with E-state index < -0.39 is 10.1 Å². The molecule has 0 spiro atoms. The van der Waals surface area contributed by atoms with E-state index in [9.17, 15) is 13.2 Å². The summed E-state index contributed by atoms with van der Waals surface area (Å²) < 4.78 is 36.5. The quantitative estimate of drug-likeness (QED) is 0.167. The van der Waals surface area contributed by atoms with Gasteiger partial charge in [-0.25, -0.2) is 5.43 Å². The van der Waals surface area contributed by atoms with Crippen molar-refractivity contribution in [1.82, 2.24) is 5.43 Å². The Bertz CT molecular complexity index is 1260. The molecule has 1 amide bonds. The van der Waals surface area contributed by atoms with Gasteiger partial charge >= 0.3 is 10.1 Å².